The van der Waals surface area contributed by atoms with Gasteiger partial charge >= 0.3 is 0 Å². The Bertz CT molecular complexity index is 1060. The van der Waals surface area contributed by atoms with Crippen molar-refractivity contribution in [1.29, 1.82) is 0 Å². The molecule has 1 unspecified atom stereocenters. The zero-order chi connectivity index (χ0) is 20.1. The third-order valence-corrected chi connectivity index (χ3v) is 7.75. The van der Waals surface area contributed by atoms with Crippen molar-refractivity contribution in [2.75, 3.05) is 12.3 Å². The predicted molar refractivity (Wildman–Crippen MR) is 117 cm³/mol. The Kier molecular flexibility index (Phi) is 4.41. The molecule has 1 heterocycles. The number of nitrogens with one attached hydrogen (secondary N) is 1. The molecule has 6 heteroatoms. The SMILES string of the molecule is O=C(CSc1nncn1C1CC1)NCC1CC2c3ccccc3C1c1ccccc12. The molecule has 1 aromatic heterocycles. The first-order valence-electron chi connectivity index (χ1n) is 10.8. The van der Waals surface area contributed by atoms with E-state index in [9.17, 15) is 4.79 Å². The van der Waals surface area contributed by atoms with Crippen LogP contribution in [0.4, 0.5) is 0 Å². The van der Waals surface area contributed by atoms with E-state index in [1.807, 2.05) is 0 Å². The van der Waals surface area contributed by atoms with Gasteiger partial charge in [-0.25, -0.2) is 0 Å². The number of fused-ring (bicyclic) bond motifs is 1. The highest BCUT2D eigenvalue weighted by Crippen LogP contribution is 2.55. The van der Waals surface area contributed by atoms with Gasteiger partial charge in [0.15, 0.2) is 5.16 Å². The van der Waals surface area contributed by atoms with Crippen LogP contribution in [0.2, 0.25) is 0 Å². The molecule has 0 aliphatic heterocycles. The smallest absolute Gasteiger partial charge is 0.230 e. The lowest BCUT2D eigenvalue weighted by Crippen LogP contribution is -2.39. The van der Waals surface area contributed by atoms with Crippen LogP contribution in [0.25, 0.3) is 0 Å². The number of carbonyl (C=O) groups is 1. The van der Waals surface area contributed by atoms with Gasteiger partial charge in [0.25, 0.3) is 0 Å². The molecule has 4 aliphatic rings. The van der Waals surface area contributed by atoms with Crippen molar-refractivity contribution in [2.24, 2.45) is 5.92 Å². The number of rotatable bonds is 6. The molecule has 0 radical (unpaired) electrons. The summed E-state index contributed by atoms with van der Waals surface area (Å²) in [6.07, 6.45) is 5.25. The van der Waals surface area contributed by atoms with Crippen LogP contribution in [0, 0.1) is 5.92 Å². The second-order valence-electron chi connectivity index (χ2n) is 8.63. The Morgan fingerprint density at radius 2 is 1.70 bits per heavy atom. The maximum Gasteiger partial charge on any atom is 0.230 e. The summed E-state index contributed by atoms with van der Waals surface area (Å²) < 4.78 is 2.10. The fourth-order valence-electron chi connectivity index (χ4n) is 5.32. The molecule has 3 aromatic rings. The molecule has 2 aromatic carbocycles. The number of amides is 1. The molecule has 1 N–H and O–H groups in total. The van der Waals surface area contributed by atoms with Gasteiger partial charge in [0.05, 0.1) is 5.75 Å². The van der Waals surface area contributed by atoms with E-state index in [1.54, 1.807) is 6.33 Å². The van der Waals surface area contributed by atoms with Gasteiger partial charge in [-0.2, -0.15) is 0 Å². The lowest BCUT2D eigenvalue weighted by molar-refractivity contribution is -0.118. The highest BCUT2D eigenvalue weighted by Gasteiger charge is 2.42. The highest BCUT2D eigenvalue weighted by atomic mass is 32.2. The van der Waals surface area contributed by atoms with Crippen molar-refractivity contribution in [3.8, 4) is 0 Å². The standard InChI is InChI=1S/C24H24N4OS/c29-22(13-30-24-27-26-14-28(24)16-9-10-16)25-12-15-11-21-17-5-1-3-7-19(17)23(15)20-8-4-2-6-18(20)21/h1-8,14-16,21,23H,9-13H2,(H,25,29). The zero-order valence-corrected chi connectivity index (χ0v) is 17.5. The van der Waals surface area contributed by atoms with Gasteiger partial charge in [-0.3, -0.25) is 4.79 Å². The Morgan fingerprint density at radius 1 is 1.03 bits per heavy atom. The topological polar surface area (TPSA) is 59.8 Å². The van der Waals surface area contributed by atoms with Crippen LogP contribution < -0.4 is 5.32 Å². The normalized spacial score (nSPS) is 23.7. The Hall–Kier alpha value is -2.60. The molecule has 0 saturated heterocycles. The molecule has 1 atom stereocenters. The molecular formula is C24H24N4OS. The molecule has 2 bridgehead atoms. The van der Waals surface area contributed by atoms with Gasteiger partial charge in [0.2, 0.25) is 5.91 Å². The second-order valence-corrected chi connectivity index (χ2v) is 9.57. The molecule has 152 valence electrons. The number of nitrogens with zero attached hydrogens (tertiary/aromatic N) is 3. The summed E-state index contributed by atoms with van der Waals surface area (Å²) >= 11 is 1.49. The van der Waals surface area contributed by atoms with Crippen molar-refractivity contribution in [2.45, 2.75) is 42.3 Å². The number of aromatic nitrogens is 3. The molecule has 0 spiro atoms. The van der Waals surface area contributed by atoms with Crippen LogP contribution >= 0.6 is 11.8 Å². The van der Waals surface area contributed by atoms with Crippen LogP contribution in [0.15, 0.2) is 60.0 Å². The van der Waals surface area contributed by atoms with E-state index in [4.69, 9.17) is 0 Å². The van der Waals surface area contributed by atoms with E-state index in [2.05, 4.69) is 68.6 Å². The maximum absolute atomic E-state index is 12.6. The zero-order valence-electron chi connectivity index (χ0n) is 16.7. The Balaban J connectivity index is 1.15. The minimum absolute atomic E-state index is 0.0772. The average molecular weight is 417 g/mol. The van der Waals surface area contributed by atoms with Gasteiger partial charge in [0.1, 0.15) is 6.33 Å². The van der Waals surface area contributed by atoms with Gasteiger partial charge in [-0.1, -0.05) is 60.3 Å². The second kappa shape index (κ2) is 7.27. The van der Waals surface area contributed by atoms with E-state index in [-0.39, 0.29) is 5.91 Å². The van der Waals surface area contributed by atoms with Crippen LogP contribution in [0.3, 0.4) is 0 Å². The van der Waals surface area contributed by atoms with E-state index >= 15 is 0 Å². The summed E-state index contributed by atoms with van der Waals surface area (Å²) in [5, 5.41) is 12.2. The molecule has 1 amide bonds. The van der Waals surface area contributed by atoms with Crippen molar-refractivity contribution >= 4 is 17.7 Å². The van der Waals surface area contributed by atoms with Gasteiger partial charge in [-0.15, -0.1) is 10.2 Å². The fourth-order valence-corrected chi connectivity index (χ4v) is 6.14. The minimum atomic E-state index is 0.0772. The van der Waals surface area contributed by atoms with E-state index in [0.717, 1.165) is 18.1 Å². The highest BCUT2D eigenvalue weighted by molar-refractivity contribution is 7.99. The molecule has 1 fully saturated rings. The first kappa shape index (κ1) is 18.2. The van der Waals surface area contributed by atoms with Gasteiger partial charge < -0.3 is 9.88 Å². The average Bonchev–Trinajstić information content (AvgIpc) is 3.53. The minimum Gasteiger partial charge on any atom is -0.355 e. The number of thioether (sulfide) groups is 1. The molecule has 5 nitrogen and oxygen atoms in total. The number of hydrogen-bond acceptors (Lipinski definition) is 4. The lowest BCUT2D eigenvalue weighted by atomic mass is 9.59. The van der Waals surface area contributed by atoms with Crippen LogP contribution in [-0.2, 0) is 4.79 Å². The quantitative estimate of drug-likeness (QED) is 0.614. The predicted octanol–water partition coefficient (Wildman–Crippen LogP) is 4.12. The van der Waals surface area contributed by atoms with Crippen molar-refractivity contribution < 1.29 is 4.79 Å². The molecule has 4 aliphatic carbocycles. The summed E-state index contributed by atoms with van der Waals surface area (Å²) in [5.41, 5.74) is 5.83. The number of benzene rings is 2. The van der Waals surface area contributed by atoms with E-state index in [0.29, 0.717) is 29.5 Å². The summed E-state index contributed by atoms with van der Waals surface area (Å²) in [7, 11) is 0. The van der Waals surface area contributed by atoms with Crippen molar-refractivity contribution in [1.82, 2.24) is 20.1 Å². The third kappa shape index (κ3) is 3.05. The summed E-state index contributed by atoms with van der Waals surface area (Å²) in [6, 6.07) is 18.2. The van der Waals surface area contributed by atoms with Crippen molar-refractivity contribution in [3.63, 3.8) is 0 Å². The van der Waals surface area contributed by atoms with Crippen LogP contribution in [0.5, 0.6) is 0 Å². The van der Waals surface area contributed by atoms with Gasteiger partial charge in [0, 0.05) is 24.4 Å². The Morgan fingerprint density at radius 3 is 2.37 bits per heavy atom. The fraction of sp³-hybridized carbons (Fsp3) is 0.375. The molecular weight excluding hydrogens is 392 g/mol. The first-order chi connectivity index (χ1) is 14.8. The first-order valence-corrected chi connectivity index (χ1v) is 11.7. The largest absolute Gasteiger partial charge is 0.355 e. The lowest BCUT2D eigenvalue weighted by Gasteiger charge is -2.45. The summed E-state index contributed by atoms with van der Waals surface area (Å²) in [5.74, 6) is 1.71. The maximum atomic E-state index is 12.6. The number of hydrogen-bond donors (Lipinski definition) is 1. The van der Waals surface area contributed by atoms with Crippen molar-refractivity contribution in [3.05, 3.63) is 77.1 Å². The van der Waals surface area contributed by atoms with Gasteiger partial charge in [-0.05, 0) is 47.4 Å². The number of carbonyl (C=O) groups excluding carboxylic acids is 1. The molecule has 30 heavy (non-hydrogen) atoms. The molecule has 1 saturated carbocycles. The monoisotopic (exact) mass is 416 g/mol. The van der Waals surface area contributed by atoms with E-state index < -0.39 is 0 Å². The third-order valence-electron chi connectivity index (χ3n) is 6.80. The van der Waals surface area contributed by atoms with Crippen LogP contribution in [-0.4, -0.2) is 33.0 Å². The summed E-state index contributed by atoms with van der Waals surface area (Å²) in [6.45, 7) is 0.721. The summed E-state index contributed by atoms with van der Waals surface area (Å²) in [4.78, 5) is 12.6. The Labute approximate surface area is 180 Å². The van der Waals surface area contributed by atoms with E-state index in [1.165, 1.54) is 46.9 Å². The van der Waals surface area contributed by atoms with Crippen LogP contribution in [0.1, 0.15) is 59.4 Å². The molecule has 7 rings (SSSR count).